The largest absolute Gasteiger partial charge is 0.508 e. The van der Waals surface area contributed by atoms with E-state index in [0.717, 1.165) is 27.8 Å². The Morgan fingerprint density at radius 1 is 0.963 bits per heavy atom. The van der Waals surface area contributed by atoms with Crippen LogP contribution < -0.4 is 0 Å². The third-order valence-corrected chi connectivity index (χ3v) is 4.94. The third-order valence-electron chi connectivity index (χ3n) is 4.69. The van der Waals surface area contributed by atoms with Crippen LogP contribution >= 0.6 is 11.6 Å². The van der Waals surface area contributed by atoms with Crippen LogP contribution in [0.5, 0.6) is 5.75 Å². The minimum atomic E-state index is -0.189. The first-order valence-corrected chi connectivity index (χ1v) is 8.91. The van der Waals surface area contributed by atoms with Gasteiger partial charge >= 0.3 is 0 Å². The molecule has 1 N–H and O–H groups in total. The first-order chi connectivity index (χ1) is 12.9. The first kappa shape index (κ1) is 17.3. The van der Waals surface area contributed by atoms with Crippen LogP contribution in [-0.4, -0.2) is 20.4 Å². The Balaban J connectivity index is 1.98. The number of fused-ring (bicyclic) bond motifs is 1. The van der Waals surface area contributed by atoms with E-state index in [9.17, 15) is 9.90 Å². The van der Waals surface area contributed by atoms with Gasteiger partial charge in [0.2, 0.25) is 5.78 Å². The molecular formula is C22H17ClN2O2. The average Bonchev–Trinajstić information content (AvgIpc) is 3.01. The molecule has 0 fully saturated rings. The van der Waals surface area contributed by atoms with E-state index in [2.05, 4.69) is 4.98 Å². The maximum Gasteiger partial charge on any atom is 0.228 e. The number of hydrogen-bond acceptors (Lipinski definition) is 3. The monoisotopic (exact) mass is 376 g/mol. The maximum absolute atomic E-state index is 13.2. The van der Waals surface area contributed by atoms with E-state index >= 15 is 0 Å². The summed E-state index contributed by atoms with van der Waals surface area (Å²) < 4.78 is 1.83. The van der Waals surface area contributed by atoms with Crippen molar-refractivity contribution in [1.82, 2.24) is 9.55 Å². The van der Waals surface area contributed by atoms with Crippen LogP contribution in [0.4, 0.5) is 0 Å². The number of aromatic hydroxyl groups is 1. The fraction of sp³-hybridized carbons (Fsp3) is 0.0909. The number of ketones is 1. The van der Waals surface area contributed by atoms with Gasteiger partial charge in [-0.3, -0.25) is 9.36 Å². The molecule has 134 valence electrons. The molecule has 4 aromatic rings. The summed E-state index contributed by atoms with van der Waals surface area (Å²) in [5, 5.41) is 10.2. The molecule has 0 aliphatic rings. The topological polar surface area (TPSA) is 55.1 Å². The predicted octanol–water partition coefficient (Wildman–Crippen LogP) is 5.23. The summed E-state index contributed by atoms with van der Waals surface area (Å²) in [5.74, 6) is 0.301. The molecule has 0 amide bonds. The smallest absolute Gasteiger partial charge is 0.228 e. The number of hydrogen-bond donors (Lipinski definition) is 1. The summed E-state index contributed by atoms with van der Waals surface area (Å²) in [4.78, 5) is 17.8. The summed E-state index contributed by atoms with van der Waals surface area (Å²) in [6, 6.07) is 17.5. The Kier molecular flexibility index (Phi) is 4.21. The third kappa shape index (κ3) is 3.09. The van der Waals surface area contributed by atoms with Crippen LogP contribution in [0.25, 0.3) is 16.7 Å². The zero-order valence-corrected chi connectivity index (χ0v) is 15.7. The van der Waals surface area contributed by atoms with Crippen LogP contribution in [0.2, 0.25) is 5.02 Å². The molecule has 0 unspecified atom stereocenters. The van der Waals surface area contributed by atoms with Gasteiger partial charge in [-0.25, -0.2) is 4.98 Å². The fourth-order valence-corrected chi connectivity index (χ4v) is 3.20. The Hall–Kier alpha value is -3.11. The minimum absolute atomic E-state index is 0.167. The highest BCUT2D eigenvalue weighted by molar-refractivity contribution is 6.30. The highest BCUT2D eigenvalue weighted by Crippen LogP contribution is 2.27. The molecule has 4 rings (SSSR count). The number of rotatable bonds is 3. The van der Waals surface area contributed by atoms with Gasteiger partial charge in [0.25, 0.3) is 0 Å². The molecule has 0 aliphatic heterocycles. The van der Waals surface area contributed by atoms with Gasteiger partial charge in [-0.1, -0.05) is 11.6 Å². The highest BCUT2D eigenvalue weighted by Gasteiger charge is 2.21. The molecule has 0 aliphatic carbocycles. The Labute approximate surface area is 161 Å². The maximum atomic E-state index is 13.2. The number of aromatic nitrogens is 2. The van der Waals surface area contributed by atoms with E-state index in [-0.39, 0.29) is 11.5 Å². The van der Waals surface area contributed by atoms with Crippen molar-refractivity contribution in [3.8, 4) is 11.4 Å². The minimum Gasteiger partial charge on any atom is -0.508 e. The van der Waals surface area contributed by atoms with Gasteiger partial charge in [0.1, 0.15) is 5.75 Å². The van der Waals surface area contributed by atoms with Gasteiger partial charge < -0.3 is 5.11 Å². The average molecular weight is 377 g/mol. The number of aryl methyl sites for hydroxylation is 2. The number of phenols is 1. The lowest BCUT2D eigenvalue weighted by molar-refractivity contribution is 0.102. The van der Waals surface area contributed by atoms with Crippen LogP contribution in [0.1, 0.15) is 27.3 Å². The van der Waals surface area contributed by atoms with Crippen LogP contribution in [-0.2, 0) is 0 Å². The van der Waals surface area contributed by atoms with Crippen molar-refractivity contribution >= 4 is 28.4 Å². The number of carbonyl (C=O) groups excluding carboxylic acids is 1. The van der Waals surface area contributed by atoms with Gasteiger partial charge in [-0.05, 0) is 85.6 Å². The SMILES string of the molecule is Cc1cc2nc(C(=O)c3ccc(Cl)cc3)n(-c3ccc(O)cc3)c2cc1C. The molecule has 0 atom stereocenters. The Morgan fingerprint density at radius 3 is 2.26 bits per heavy atom. The van der Waals surface area contributed by atoms with E-state index in [0.29, 0.717) is 16.4 Å². The predicted molar refractivity (Wildman–Crippen MR) is 107 cm³/mol. The lowest BCUT2D eigenvalue weighted by Gasteiger charge is -2.10. The second-order valence-electron chi connectivity index (χ2n) is 6.55. The zero-order valence-electron chi connectivity index (χ0n) is 14.9. The zero-order chi connectivity index (χ0) is 19.1. The molecule has 3 aromatic carbocycles. The molecule has 0 radical (unpaired) electrons. The summed E-state index contributed by atoms with van der Waals surface area (Å²) in [7, 11) is 0. The normalized spacial score (nSPS) is 11.1. The van der Waals surface area contributed by atoms with Crippen molar-refractivity contribution < 1.29 is 9.90 Å². The van der Waals surface area contributed by atoms with E-state index in [1.165, 1.54) is 0 Å². The van der Waals surface area contributed by atoms with Crippen molar-refractivity contribution in [2.75, 3.05) is 0 Å². The lowest BCUT2D eigenvalue weighted by atomic mass is 10.1. The summed E-state index contributed by atoms with van der Waals surface area (Å²) in [6.45, 7) is 4.05. The van der Waals surface area contributed by atoms with Crippen molar-refractivity contribution in [2.24, 2.45) is 0 Å². The van der Waals surface area contributed by atoms with Crippen molar-refractivity contribution in [3.63, 3.8) is 0 Å². The Bertz CT molecular complexity index is 1160. The van der Waals surface area contributed by atoms with E-state index < -0.39 is 0 Å². The molecule has 4 nitrogen and oxygen atoms in total. The van der Waals surface area contributed by atoms with E-state index in [4.69, 9.17) is 11.6 Å². The standard InChI is InChI=1S/C22H17ClN2O2/c1-13-11-19-20(12-14(13)2)25(17-7-9-18(26)10-8-17)22(24-19)21(27)15-3-5-16(23)6-4-15/h3-12,26H,1-2H3. The number of nitrogens with zero attached hydrogens (tertiary/aromatic N) is 2. The molecule has 0 bridgehead atoms. The number of benzene rings is 3. The molecule has 1 aromatic heterocycles. The molecule has 0 saturated heterocycles. The van der Waals surface area contributed by atoms with Gasteiger partial charge in [0.15, 0.2) is 5.82 Å². The Morgan fingerprint density at radius 2 is 1.59 bits per heavy atom. The van der Waals surface area contributed by atoms with E-state index in [1.807, 2.05) is 30.5 Å². The fourth-order valence-electron chi connectivity index (χ4n) is 3.08. The van der Waals surface area contributed by atoms with Gasteiger partial charge in [-0.2, -0.15) is 0 Å². The number of imidazole rings is 1. The summed E-state index contributed by atoms with van der Waals surface area (Å²) in [5.41, 5.74) is 5.11. The van der Waals surface area contributed by atoms with Crippen molar-refractivity contribution in [3.05, 3.63) is 88.2 Å². The highest BCUT2D eigenvalue weighted by atomic mass is 35.5. The van der Waals surface area contributed by atoms with E-state index in [1.54, 1.807) is 48.5 Å². The van der Waals surface area contributed by atoms with Crippen LogP contribution in [0, 0.1) is 13.8 Å². The lowest BCUT2D eigenvalue weighted by Crippen LogP contribution is -2.10. The van der Waals surface area contributed by atoms with Crippen LogP contribution in [0.15, 0.2) is 60.7 Å². The molecule has 1 heterocycles. The summed E-state index contributed by atoms with van der Waals surface area (Å²) in [6.07, 6.45) is 0. The van der Waals surface area contributed by atoms with Crippen molar-refractivity contribution in [1.29, 1.82) is 0 Å². The molecule has 5 heteroatoms. The molecule has 0 saturated carbocycles. The molecule has 0 spiro atoms. The number of carbonyl (C=O) groups is 1. The van der Waals surface area contributed by atoms with Crippen molar-refractivity contribution in [2.45, 2.75) is 13.8 Å². The van der Waals surface area contributed by atoms with Gasteiger partial charge in [0.05, 0.1) is 11.0 Å². The number of halogens is 1. The molecule has 27 heavy (non-hydrogen) atoms. The molecular weight excluding hydrogens is 360 g/mol. The summed E-state index contributed by atoms with van der Waals surface area (Å²) >= 11 is 5.95. The van der Waals surface area contributed by atoms with Gasteiger partial charge in [0, 0.05) is 16.3 Å². The second-order valence-corrected chi connectivity index (χ2v) is 6.98. The first-order valence-electron chi connectivity index (χ1n) is 8.53. The number of phenolic OH excluding ortho intramolecular Hbond substituents is 1. The quantitative estimate of drug-likeness (QED) is 0.498. The van der Waals surface area contributed by atoms with Gasteiger partial charge in [-0.15, -0.1) is 0 Å². The van der Waals surface area contributed by atoms with Crippen LogP contribution in [0.3, 0.4) is 0 Å². The second kappa shape index (κ2) is 6.56.